The molecule has 0 N–H and O–H groups in total. The number of carbonyl (C=O) groups excluding carboxylic acids is 1. The van der Waals surface area contributed by atoms with Crippen LogP contribution in [0.4, 0.5) is 0 Å². The number of rotatable bonds is 4. The number of para-hydroxylation sites is 1. The summed E-state index contributed by atoms with van der Waals surface area (Å²) in [5.74, 6) is 0.601. The zero-order chi connectivity index (χ0) is 14.5. The van der Waals surface area contributed by atoms with E-state index in [9.17, 15) is 4.79 Å². The van der Waals surface area contributed by atoms with Crippen molar-refractivity contribution < 1.29 is 19.3 Å². The minimum Gasteiger partial charge on any atom is -0.496 e. The van der Waals surface area contributed by atoms with Crippen molar-refractivity contribution in [2.24, 2.45) is 11.8 Å². The van der Waals surface area contributed by atoms with Crippen molar-refractivity contribution in [2.45, 2.75) is 33.1 Å². The Morgan fingerprint density at radius 3 is 2.45 bits per heavy atom. The molecule has 0 bridgehead atoms. The first kappa shape index (κ1) is 14.9. The number of methoxy groups -OCH3 is 1. The van der Waals surface area contributed by atoms with Crippen molar-refractivity contribution in [1.29, 1.82) is 0 Å². The molecule has 0 aliphatic heterocycles. The Kier molecular flexibility index (Phi) is 5.01. The van der Waals surface area contributed by atoms with Gasteiger partial charge in [0, 0.05) is 0 Å². The van der Waals surface area contributed by atoms with Crippen molar-refractivity contribution in [3.63, 3.8) is 0 Å². The van der Waals surface area contributed by atoms with E-state index >= 15 is 0 Å². The van der Waals surface area contributed by atoms with Crippen LogP contribution in [0.2, 0.25) is 0 Å². The molecule has 0 heterocycles. The molecule has 20 heavy (non-hydrogen) atoms. The Hall–Kier alpha value is -1.55. The molecular weight excluding hydrogens is 256 g/mol. The summed E-state index contributed by atoms with van der Waals surface area (Å²) in [5.41, 5.74) is 0.367. The van der Waals surface area contributed by atoms with E-state index < -0.39 is 5.97 Å². The summed E-state index contributed by atoms with van der Waals surface area (Å²) >= 11 is 0. The normalized spacial score (nSPS) is 23.4. The highest BCUT2D eigenvalue weighted by molar-refractivity contribution is 5.92. The quantitative estimate of drug-likeness (QED) is 0.620. The summed E-state index contributed by atoms with van der Waals surface area (Å²) in [6, 6.07) is 6.94. The van der Waals surface area contributed by atoms with E-state index in [1.54, 1.807) is 24.3 Å². The maximum atomic E-state index is 12.0. The fourth-order valence-corrected chi connectivity index (χ4v) is 2.61. The SMILES string of the molecule is COc1ccccc1C(=O)OO[C]1C(C)CCCC1C. The van der Waals surface area contributed by atoms with Gasteiger partial charge in [-0.15, -0.1) is 0 Å². The van der Waals surface area contributed by atoms with Gasteiger partial charge in [0.05, 0.1) is 7.11 Å². The summed E-state index contributed by atoms with van der Waals surface area (Å²) in [6.07, 6.45) is 4.20. The monoisotopic (exact) mass is 277 g/mol. The lowest BCUT2D eigenvalue weighted by Crippen LogP contribution is -2.26. The number of hydrogen-bond acceptors (Lipinski definition) is 4. The molecule has 4 nitrogen and oxygen atoms in total. The molecule has 4 heteroatoms. The minimum atomic E-state index is -0.528. The Morgan fingerprint density at radius 1 is 1.15 bits per heavy atom. The van der Waals surface area contributed by atoms with Crippen molar-refractivity contribution in [1.82, 2.24) is 0 Å². The van der Waals surface area contributed by atoms with E-state index in [1.165, 1.54) is 13.5 Å². The van der Waals surface area contributed by atoms with Crippen LogP contribution in [0.5, 0.6) is 5.75 Å². The molecular formula is C16H21O4. The molecule has 1 fully saturated rings. The summed E-state index contributed by atoms with van der Waals surface area (Å²) in [7, 11) is 1.52. The highest BCUT2D eigenvalue weighted by Crippen LogP contribution is 2.37. The van der Waals surface area contributed by atoms with Crippen LogP contribution in [0.25, 0.3) is 0 Å². The molecule has 109 valence electrons. The van der Waals surface area contributed by atoms with Crippen LogP contribution in [-0.4, -0.2) is 13.1 Å². The predicted octanol–water partition coefficient (Wildman–Crippen LogP) is 3.77. The number of benzene rings is 1. The minimum absolute atomic E-state index is 0.323. The van der Waals surface area contributed by atoms with E-state index in [2.05, 4.69) is 13.8 Å². The Labute approximate surface area is 120 Å². The average Bonchev–Trinajstić information content (AvgIpc) is 2.46. The smallest absolute Gasteiger partial charge is 0.376 e. The first-order valence-corrected chi connectivity index (χ1v) is 7.02. The molecule has 0 amide bonds. The van der Waals surface area contributed by atoms with Gasteiger partial charge >= 0.3 is 5.97 Å². The van der Waals surface area contributed by atoms with Crippen LogP contribution in [0, 0.1) is 17.9 Å². The van der Waals surface area contributed by atoms with Crippen molar-refractivity contribution in [3.8, 4) is 5.75 Å². The van der Waals surface area contributed by atoms with Gasteiger partial charge in [0.1, 0.15) is 11.3 Å². The topological polar surface area (TPSA) is 44.8 Å². The third kappa shape index (κ3) is 3.31. The van der Waals surface area contributed by atoms with E-state index in [0.717, 1.165) is 18.9 Å². The number of ether oxygens (including phenoxy) is 1. The van der Waals surface area contributed by atoms with Crippen LogP contribution in [0.15, 0.2) is 24.3 Å². The van der Waals surface area contributed by atoms with Gasteiger partial charge in [-0.25, -0.2) is 4.79 Å². The second kappa shape index (κ2) is 6.75. The summed E-state index contributed by atoms with van der Waals surface area (Å²) < 4.78 is 5.14. The second-order valence-corrected chi connectivity index (χ2v) is 5.29. The third-order valence-corrected chi connectivity index (χ3v) is 3.79. The third-order valence-electron chi connectivity index (χ3n) is 3.79. The van der Waals surface area contributed by atoms with Gasteiger partial charge < -0.3 is 4.74 Å². The number of hydrogen-bond donors (Lipinski definition) is 0. The maximum absolute atomic E-state index is 12.0. The van der Waals surface area contributed by atoms with E-state index in [1.807, 2.05) is 0 Å². The van der Waals surface area contributed by atoms with Gasteiger partial charge in [-0.05, 0) is 36.8 Å². The molecule has 2 unspecified atom stereocenters. The first-order chi connectivity index (χ1) is 9.63. The fourth-order valence-electron chi connectivity index (χ4n) is 2.61. The van der Waals surface area contributed by atoms with Gasteiger partial charge in [-0.3, -0.25) is 4.89 Å². The molecule has 2 atom stereocenters. The Morgan fingerprint density at radius 2 is 1.80 bits per heavy atom. The van der Waals surface area contributed by atoms with Crippen molar-refractivity contribution >= 4 is 5.97 Å². The van der Waals surface area contributed by atoms with Crippen LogP contribution in [-0.2, 0) is 9.78 Å². The zero-order valence-electron chi connectivity index (χ0n) is 12.2. The average molecular weight is 277 g/mol. The zero-order valence-corrected chi connectivity index (χ0v) is 12.2. The molecule has 1 saturated carbocycles. The second-order valence-electron chi connectivity index (χ2n) is 5.29. The lowest BCUT2D eigenvalue weighted by atomic mass is 9.81. The lowest BCUT2D eigenvalue weighted by Gasteiger charge is -2.31. The van der Waals surface area contributed by atoms with Gasteiger partial charge in [0.25, 0.3) is 0 Å². The molecule has 0 aromatic heterocycles. The van der Waals surface area contributed by atoms with Crippen LogP contribution < -0.4 is 4.74 Å². The predicted molar refractivity (Wildman–Crippen MR) is 74.9 cm³/mol. The maximum Gasteiger partial charge on any atom is 0.376 e. The lowest BCUT2D eigenvalue weighted by molar-refractivity contribution is -0.253. The highest BCUT2D eigenvalue weighted by Gasteiger charge is 2.32. The first-order valence-electron chi connectivity index (χ1n) is 7.02. The summed E-state index contributed by atoms with van der Waals surface area (Å²) in [5, 5.41) is 0. The largest absolute Gasteiger partial charge is 0.496 e. The van der Waals surface area contributed by atoms with Crippen LogP contribution >= 0.6 is 0 Å². The van der Waals surface area contributed by atoms with E-state index in [0.29, 0.717) is 23.1 Å². The molecule has 2 rings (SSSR count). The van der Waals surface area contributed by atoms with E-state index in [4.69, 9.17) is 14.5 Å². The van der Waals surface area contributed by atoms with E-state index in [-0.39, 0.29) is 0 Å². The fraction of sp³-hybridized carbons (Fsp3) is 0.500. The highest BCUT2D eigenvalue weighted by atomic mass is 17.2. The van der Waals surface area contributed by atoms with Gasteiger partial charge in [-0.2, -0.15) is 4.89 Å². The van der Waals surface area contributed by atoms with Gasteiger partial charge in [0.15, 0.2) is 6.10 Å². The van der Waals surface area contributed by atoms with Gasteiger partial charge in [0.2, 0.25) is 0 Å². The molecule has 0 saturated heterocycles. The Balaban J connectivity index is 1.98. The summed E-state index contributed by atoms with van der Waals surface area (Å²) in [4.78, 5) is 22.4. The summed E-state index contributed by atoms with van der Waals surface area (Å²) in [6.45, 7) is 4.20. The molecule has 1 aliphatic rings. The van der Waals surface area contributed by atoms with Crippen molar-refractivity contribution in [3.05, 3.63) is 35.9 Å². The van der Waals surface area contributed by atoms with Crippen LogP contribution in [0.1, 0.15) is 43.5 Å². The molecule has 1 aromatic rings. The molecule has 1 radical (unpaired) electrons. The van der Waals surface area contributed by atoms with Crippen LogP contribution in [0.3, 0.4) is 0 Å². The van der Waals surface area contributed by atoms with Crippen molar-refractivity contribution in [2.75, 3.05) is 7.11 Å². The molecule has 0 spiro atoms. The molecule has 1 aromatic carbocycles. The number of carbonyl (C=O) groups is 1. The molecule has 1 aliphatic carbocycles. The Bertz CT molecular complexity index is 448. The van der Waals surface area contributed by atoms with Gasteiger partial charge in [-0.1, -0.05) is 32.4 Å². The standard InChI is InChI=1S/C16H21O4/c1-11-7-6-8-12(2)15(11)19-20-16(17)13-9-4-5-10-14(13)18-3/h4-5,9-12H,6-8H2,1-3H3.